The van der Waals surface area contributed by atoms with Gasteiger partial charge in [-0.3, -0.25) is 9.78 Å². The zero-order valence-electron chi connectivity index (χ0n) is 16.4. The summed E-state index contributed by atoms with van der Waals surface area (Å²) in [6.45, 7) is 6.84. The van der Waals surface area contributed by atoms with E-state index in [-0.39, 0.29) is 5.78 Å². The minimum atomic E-state index is 0.00218. The number of benzene rings is 1. The van der Waals surface area contributed by atoms with Gasteiger partial charge in [-0.1, -0.05) is 6.07 Å². The van der Waals surface area contributed by atoms with Crippen molar-refractivity contribution in [3.8, 4) is 23.0 Å². The van der Waals surface area contributed by atoms with E-state index in [1.165, 1.54) is 0 Å². The van der Waals surface area contributed by atoms with Crippen LogP contribution in [0.25, 0.3) is 11.5 Å². The number of carbonyl (C=O) groups excluding carboxylic acids is 1. The van der Waals surface area contributed by atoms with Crippen LogP contribution in [0.15, 0.2) is 47.2 Å². The van der Waals surface area contributed by atoms with Crippen LogP contribution in [-0.2, 0) is 6.42 Å². The third kappa shape index (κ3) is 4.57. The highest BCUT2D eigenvalue weighted by atomic mass is 16.5. The van der Waals surface area contributed by atoms with Crippen molar-refractivity contribution < 1.29 is 18.7 Å². The monoisotopic (exact) mass is 380 g/mol. The van der Waals surface area contributed by atoms with Crippen molar-refractivity contribution in [2.45, 2.75) is 33.6 Å². The van der Waals surface area contributed by atoms with Crippen LogP contribution in [0, 0.1) is 6.92 Å². The molecule has 1 aromatic carbocycles. The molecule has 0 unspecified atom stereocenters. The molecule has 0 fully saturated rings. The first-order chi connectivity index (χ1) is 13.6. The lowest BCUT2D eigenvalue weighted by Gasteiger charge is -2.11. The number of oxazole rings is 1. The summed E-state index contributed by atoms with van der Waals surface area (Å²) in [6.07, 6.45) is 4.05. The van der Waals surface area contributed by atoms with Gasteiger partial charge in [0.25, 0.3) is 0 Å². The zero-order valence-corrected chi connectivity index (χ0v) is 16.4. The Morgan fingerprint density at radius 3 is 2.64 bits per heavy atom. The first kappa shape index (κ1) is 19.6. The van der Waals surface area contributed by atoms with Gasteiger partial charge < -0.3 is 13.9 Å². The maximum Gasteiger partial charge on any atom is 0.226 e. The van der Waals surface area contributed by atoms with Gasteiger partial charge >= 0.3 is 0 Å². The number of pyridine rings is 1. The quantitative estimate of drug-likeness (QED) is 0.503. The lowest BCUT2D eigenvalue weighted by atomic mass is 10.1. The van der Waals surface area contributed by atoms with E-state index in [0.717, 1.165) is 16.8 Å². The summed E-state index contributed by atoms with van der Waals surface area (Å²) in [5.74, 6) is 1.83. The third-order valence-corrected chi connectivity index (χ3v) is 4.22. The molecule has 6 nitrogen and oxygen atoms in total. The number of ether oxygens (including phenoxy) is 2. The summed E-state index contributed by atoms with van der Waals surface area (Å²) in [6, 6.07) is 9.29. The molecule has 0 amide bonds. The molecule has 28 heavy (non-hydrogen) atoms. The van der Waals surface area contributed by atoms with Gasteiger partial charge in [0.1, 0.15) is 12.0 Å². The van der Waals surface area contributed by atoms with Crippen molar-refractivity contribution in [1.29, 1.82) is 0 Å². The van der Waals surface area contributed by atoms with Crippen LogP contribution in [0.4, 0.5) is 0 Å². The van der Waals surface area contributed by atoms with Gasteiger partial charge in [0, 0.05) is 24.6 Å². The van der Waals surface area contributed by atoms with Crippen LogP contribution in [0.3, 0.4) is 0 Å². The highest BCUT2D eigenvalue weighted by molar-refractivity contribution is 5.95. The van der Waals surface area contributed by atoms with Crippen molar-refractivity contribution in [1.82, 2.24) is 9.97 Å². The van der Waals surface area contributed by atoms with Gasteiger partial charge in [-0.2, -0.15) is 0 Å². The lowest BCUT2D eigenvalue weighted by molar-refractivity contribution is 0.0977. The lowest BCUT2D eigenvalue weighted by Crippen LogP contribution is -2.06. The molecule has 3 aromatic rings. The van der Waals surface area contributed by atoms with Crippen molar-refractivity contribution in [3.63, 3.8) is 0 Å². The molecule has 0 saturated carbocycles. The van der Waals surface area contributed by atoms with E-state index in [1.54, 1.807) is 12.5 Å². The number of hydrogen-bond donors (Lipinski definition) is 0. The number of aromatic nitrogens is 2. The molecule has 2 heterocycles. The zero-order chi connectivity index (χ0) is 19.9. The van der Waals surface area contributed by atoms with Gasteiger partial charge in [-0.15, -0.1) is 0 Å². The summed E-state index contributed by atoms with van der Waals surface area (Å²) in [7, 11) is 0. The number of nitrogens with zero attached hydrogens (tertiary/aromatic N) is 2. The summed E-state index contributed by atoms with van der Waals surface area (Å²) in [5.41, 5.74) is 2.92. The molecule has 0 N–H and O–H groups in total. The van der Waals surface area contributed by atoms with Crippen molar-refractivity contribution in [2.24, 2.45) is 0 Å². The molecule has 3 rings (SSSR count). The van der Waals surface area contributed by atoms with Gasteiger partial charge in [0.15, 0.2) is 17.3 Å². The average molecular weight is 380 g/mol. The fourth-order valence-corrected chi connectivity index (χ4v) is 2.88. The molecule has 0 saturated heterocycles. The second kappa shape index (κ2) is 9.17. The second-order valence-corrected chi connectivity index (χ2v) is 6.26. The predicted molar refractivity (Wildman–Crippen MR) is 106 cm³/mol. The molecular formula is C22H24N2O4. The number of Topliss-reactive ketones (excluding diaryl/α,β-unsaturated/α-hetero) is 1. The average Bonchev–Trinajstić information content (AvgIpc) is 3.17. The molecule has 0 spiro atoms. The maximum atomic E-state index is 12.4. The standard InChI is InChI=1S/C22H24N2O4/c1-4-26-19-11-8-16(13-20(19)27-5-2)22-24-17(14-28-22)9-10-18(25)21-15(3)7-6-12-23-21/h6-8,11-14H,4-5,9-10H2,1-3H3. The Balaban J connectivity index is 1.71. The molecule has 0 aliphatic heterocycles. The van der Waals surface area contributed by atoms with Gasteiger partial charge in [-0.05, 0) is 50.6 Å². The van der Waals surface area contributed by atoms with E-state index in [2.05, 4.69) is 9.97 Å². The fourth-order valence-electron chi connectivity index (χ4n) is 2.88. The highest BCUT2D eigenvalue weighted by Gasteiger charge is 2.14. The number of carbonyl (C=O) groups is 1. The van der Waals surface area contributed by atoms with Gasteiger partial charge in [0.2, 0.25) is 5.89 Å². The predicted octanol–water partition coefficient (Wildman–Crippen LogP) is 4.66. The molecule has 2 aromatic heterocycles. The molecule has 0 aliphatic carbocycles. The van der Waals surface area contributed by atoms with Crippen LogP contribution in [-0.4, -0.2) is 29.0 Å². The van der Waals surface area contributed by atoms with E-state index >= 15 is 0 Å². The summed E-state index contributed by atoms with van der Waals surface area (Å²) < 4.78 is 16.8. The van der Waals surface area contributed by atoms with Crippen molar-refractivity contribution in [2.75, 3.05) is 13.2 Å². The van der Waals surface area contributed by atoms with Crippen LogP contribution < -0.4 is 9.47 Å². The maximum absolute atomic E-state index is 12.4. The van der Waals surface area contributed by atoms with E-state index in [1.807, 2.05) is 51.1 Å². The summed E-state index contributed by atoms with van der Waals surface area (Å²) >= 11 is 0. The molecular weight excluding hydrogens is 356 g/mol. The minimum absolute atomic E-state index is 0.00218. The van der Waals surface area contributed by atoms with E-state index < -0.39 is 0 Å². The van der Waals surface area contributed by atoms with Crippen molar-refractivity contribution >= 4 is 5.78 Å². The first-order valence-electron chi connectivity index (χ1n) is 9.41. The van der Waals surface area contributed by atoms with E-state index in [4.69, 9.17) is 13.9 Å². The second-order valence-electron chi connectivity index (χ2n) is 6.26. The summed E-state index contributed by atoms with van der Waals surface area (Å²) in [4.78, 5) is 21.1. The Kier molecular flexibility index (Phi) is 6.42. The van der Waals surface area contributed by atoms with E-state index in [0.29, 0.717) is 49.1 Å². The number of aryl methyl sites for hydroxylation is 2. The van der Waals surface area contributed by atoms with Crippen LogP contribution in [0.1, 0.15) is 42.0 Å². The Morgan fingerprint density at radius 2 is 1.89 bits per heavy atom. The van der Waals surface area contributed by atoms with Crippen LogP contribution in [0.2, 0.25) is 0 Å². The van der Waals surface area contributed by atoms with E-state index in [9.17, 15) is 4.79 Å². The Labute approximate surface area is 164 Å². The van der Waals surface area contributed by atoms with Crippen LogP contribution in [0.5, 0.6) is 11.5 Å². The third-order valence-electron chi connectivity index (χ3n) is 4.22. The molecule has 6 heteroatoms. The minimum Gasteiger partial charge on any atom is -0.490 e. The largest absolute Gasteiger partial charge is 0.490 e. The molecule has 146 valence electrons. The Morgan fingerprint density at radius 1 is 1.11 bits per heavy atom. The smallest absolute Gasteiger partial charge is 0.226 e. The molecule has 0 aliphatic rings. The highest BCUT2D eigenvalue weighted by Crippen LogP contribution is 2.32. The number of ketones is 1. The normalized spacial score (nSPS) is 10.7. The molecule has 0 bridgehead atoms. The summed E-state index contributed by atoms with van der Waals surface area (Å²) in [5, 5.41) is 0. The van der Waals surface area contributed by atoms with Crippen LogP contribution >= 0.6 is 0 Å². The number of rotatable bonds is 9. The fraction of sp³-hybridized carbons (Fsp3) is 0.318. The Bertz CT molecular complexity index is 949. The molecule has 0 radical (unpaired) electrons. The SMILES string of the molecule is CCOc1ccc(-c2nc(CCC(=O)c3ncccc3C)co2)cc1OCC. The Hall–Kier alpha value is -3.15. The first-order valence-corrected chi connectivity index (χ1v) is 9.41. The van der Waals surface area contributed by atoms with Gasteiger partial charge in [0.05, 0.1) is 18.9 Å². The number of hydrogen-bond acceptors (Lipinski definition) is 6. The topological polar surface area (TPSA) is 74.5 Å². The van der Waals surface area contributed by atoms with Crippen molar-refractivity contribution in [3.05, 3.63) is 59.7 Å². The van der Waals surface area contributed by atoms with Gasteiger partial charge in [-0.25, -0.2) is 4.98 Å². The molecule has 0 atom stereocenters.